The van der Waals surface area contributed by atoms with Crippen molar-refractivity contribution in [3.63, 3.8) is 0 Å². The first kappa shape index (κ1) is 15.3. The van der Waals surface area contributed by atoms with E-state index in [1.807, 2.05) is 0 Å². The maximum Gasteiger partial charge on any atom is 0.419 e. The van der Waals surface area contributed by atoms with E-state index in [-0.39, 0.29) is 24.7 Å². The number of carboxylic acid groups (broad SMARTS) is 1. The Balaban J connectivity index is 2.40. The van der Waals surface area contributed by atoms with E-state index in [1.54, 1.807) is 18.2 Å². The molecule has 0 unspecified atom stereocenters. The molecule has 116 valence electrons. The van der Waals surface area contributed by atoms with E-state index in [4.69, 9.17) is 9.84 Å². The maximum absolute atomic E-state index is 12.1. The summed E-state index contributed by atoms with van der Waals surface area (Å²) in [6.07, 6.45) is -1.37. The molecule has 1 aliphatic rings. The molecule has 1 N–H and O–H groups in total. The van der Waals surface area contributed by atoms with Gasteiger partial charge in [-0.2, -0.15) is 0 Å². The highest BCUT2D eigenvalue weighted by molar-refractivity contribution is 5.89. The zero-order valence-corrected chi connectivity index (χ0v) is 11.6. The first-order valence-electron chi connectivity index (χ1n) is 6.29. The topological polar surface area (TPSA) is 113 Å². The van der Waals surface area contributed by atoms with Gasteiger partial charge in [-0.15, -0.1) is 0 Å². The summed E-state index contributed by atoms with van der Waals surface area (Å²) in [5.74, 6) is -1.38. The van der Waals surface area contributed by atoms with Gasteiger partial charge in [0.15, 0.2) is 0 Å². The number of carbonyl (C=O) groups is 2. The fourth-order valence-corrected chi connectivity index (χ4v) is 2.05. The SMILES string of the molecule is CN1CCN(C(=O)O)/C1=C(/C(=O)Oc1ccccc1)[N+](=O)[O-]. The Kier molecular flexibility index (Phi) is 4.25. The van der Waals surface area contributed by atoms with Gasteiger partial charge in [0.25, 0.3) is 0 Å². The number of esters is 1. The fraction of sp³-hybridized carbons (Fsp3) is 0.231. The molecule has 1 saturated heterocycles. The van der Waals surface area contributed by atoms with Crippen molar-refractivity contribution in [3.05, 3.63) is 52.0 Å². The predicted octanol–water partition coefficient (Wildman–Crippen LogP) is 0.963. The van der Waals surface area contributed by atoms with Crippen molar-refractivity contribution < 1.29 is 24.4 Å². The molecule has 22 heavy (non-hydrogen) atoms. The van der Waals surface area contributed by atoms with Gasteiger partial charge in [0, 0.05) is 20.1 Å². The summed E-state index contributed by atoms with van der Waals surface area (Å²) in [6, 6.07) is 7.84. The first-order chi connectivity index (χ1) is 10.4. The first-order valence-corrected chi connectivity index (χ1v) is 6.29. The molecule has 1 heterocycles. The molecule has 0 aliphatic carbocycles. The van der Waals surface area contributed by atoms with Crippen molar-refractivity contribution in [3.8, 4) is 5.75 Å². The summed E-state index contributed by atoms with van der Waals surface area (Å²) in [5, 5.41) is 20.3. The molecule has 1 fully saturated rings. The Morgan fingerprint density at radius 3 is 2.45 bits per heavy atom. The molecule has 0 spiro atoms. The number of rotatable bonds is 3. The average molecular weight is 307 g/mol. The molecule has 0 aromatic heterocycles. The van der Waals surface area contributed by atoms with Gasteiger partial charge in [-0.05, 0) is 12.1 Å². The van der Waals surface area contributed by atoms with Crippen LogP contribution in [0.5, 0.6) is 5.75 Å². The lowest BCUT2D eigenvalue weighted by atomic mass is 10.3. The van der Waals surface area contributed by atoms with Crippen LogP contribution in [0.1, 0.15) is 0 Å². The molecule has 0 radical (unpaired) electrons. The molecule has 0 bridgehead atoms. The van der Waals surface area contributed by atoms with Crippen molar-refractivity contribution in [1.82, 2.24) is 9.80 Å². The van der Waals surface area contributed by atoms with Crippen molar-refractivity contribution >= 4 is 12.1 Å². The van der Waals surface area contributed by atoms with Crippen LogP contribution in [0.25, 0.3) is 0 Å². The summed E-state index contributed by atoms with van der Waals surface area (Å²) in [4.78, 5) is 35.6. The number of amides is 1. The number of nitro groups is 1. The third-order valence-corrected chi connectivity index (χ3v) is 3.05. The van der Waals surface area contributed by atoms with Crippen LogP contribution in [0.2, 0.25) is 0 Å². The van der Waals surface area contributed by atoms with Gasteiger partial charge in [-0.25, -0.2) is 9.59 Å². The zero-order valence-electron chi connectivity index (χ0n) is 11.6. The molecule has 0 saturated carbocycles. The second-order valence-electron chi connectivity index (χ2n) is 4.49. The molecule has 1 aromatic rings. The van der Waals surface area contributed by atoms with E-state index in [1.165, 1.54) is 24.1 Å². The largest absolute Gasteiger partial charge is 0.465 e. The van der Waals surface area contributed by atoms with Crippen LogP contribution in [0.15, 0.2) is 41.8 Å². The summed E-state index contributed by atoms with van der Waals surface area (Å²) < 4.78 is 4.94. The number of benzene rings is 1. The lowest BCUT2D eigenvalue weighted by Gasteiger charge is -2.17. The summed E-state index contributed by atoms with van der Waals surface area (Å²) in [5.41, 5.74) is -0.911. The smallest absolute Gasteiger partial charge is 0.419 e. The van der Waals surface area contributed by atoms with E-state index in [9.17, 15) is 19.7 Å². The van der Waals surface area contributed by atoms with Gasteiger partial charge in [0.05, 0.1) is 4.92 Å². The highest BCUT2D eigenvalue weighted by Gasteiger charge is 2.40. The molecule has 0 atom stereocenters. The number of para-hydroxylation sites is 1. The quantitative estimate of drug-likeness (QED) is 0.291. The molecular weight excluding hydrogens is 294 g/mol. The van der Waals surface area contributed by atoms with Crippen molar-refractivity contribution in [2.75, 3.05) is 20.1 Å². The van der Waals surface area contributed by atoms with E-state index in [0.717, 1.165) is 4.90 Å². The monoisotopic (exact) mass is 307 g/mol. The van der Waals surface area contributed by atoms with E-state index < -0.39 is 22.7 Å². The van der Waals surface area contributed by atoms with Gasteiger partial charge in [-0.1, -0.05) is 18.2 Å². The Bertz CT molecular complexity index is 642. The second kappa shape index (κ2) is 6.12. The van der Waals surface area contributed by atoms with Crippen LogP contribution in [-0.2, 0) is 4.79 Å². The molecule has 2 rings (SSSR count). The van der Waals surface area contributed by atoms with Crippen molar-refractivity contribution in [1.29, 1.82) is 0 Å². The van der Waals surface area contributed by atoms with Crippen molar-refractivity contribution in [2.45, 2.75) is 0 Å². The van der Waals surface area contributed by atoms with Crippen LogP contribution in [-0.4, -0.2) is 52.0 Å². The number of ether oxygens (including phenoxy) is 1. The van der Waals surface area contributed by atoms with Gasteiger partial charge in [0.2, 0.25) is 5.82 Å². The third kappa shape index (κ3) is 2.97. The predicted molar refractivity (Wildman–Crippen MR) is 73.5 cm³/mol. The third-order valence-electron chi connectivity index (χ3n) is 3.05. The lowest BCUT2D eigenvalue weighted by Crippen LogP contribution is -2.32. The Labute approximate surface area is 125 Å². The maximum atomic E-state index is 12.1. The van der Waals surface area contributed by atoms with E-state index in [0.29, 0.717) is 0 Å². The molecular formula is C13H13N3O6. The lowest BCUT2D eigenvalue weighted by molar-refractivity contribution is -0.423. The summed E-state index contributed by atoms with van der Waals surface area (Å²) in [7, 11) is 1.47. The number of hydrogen-bond donors (Lipinski definition) is 1. The Morgan fingerprint density at radius 1 is 1.27 bits per heavy atom. The Hall–Kier alpha value is -3.10. The van der Waals surface area contributed by atoms with Crippen LogP contribution in [0, 0.1) is 10.1 Å². The minimum atomic E-state index is -1.37. The van der Waals surface area contributed by atoms with Crippen LogP contribution < -0.4 is 4.74 Å². The fourth-order valence-electron chi connectivity index (χ4n) is 2.05. The average Bonchev–Trinajstić information content (AvgIpc) is 2.82. The number of hydrogen-bond acceptors (Lipinski definition) is 6. The van der Waals surface area contributed by atoms with Gasteiger partial charge in [0.1, 0.15) is 5.75 Å². The summed E-state index contributed by atoms with van der Waals surface area (Å²) >= 11 is 0. The van der Waals surface area contributed by atoms with Gasteiger partial charge < -0.3 is 14.7 Å². The molecule has 1 aliphatic heterocycles. The standard InChI is InChI=1S/C13H13N3O6/c1-14-7-8-15(13(18)19)11(14)10(16(20)21)12(17)22-9-5-3-2-4-6-9/h2-6H,7-8H2,1H3,(H,18,19)/b11-10-. The summed E-state index contributed by atoms with van der Waals surface area (Å²) in [6.45, 7) is 0.286. The van der Waals surface area contributed by atoms with Gasteiger partial charge >= 0.3 is 17.8 Å². The highest BCUT2D eigenvalue weighted by Crippen LogP contribution is 2.23. The molecule has 9 heteroatoms. The van der Waals surface area contributed by atoms with Crippen LogP contribution >= 0.6 is 0 Å². The van der Waals surface area contributed by atoms with E-state index in [2.05, 4.69) is 0 Å². The molecule has 1 aromatic carbocycles. The number of likely N-dealkylation sites (N-methyl/N-ethyl adjacent to an activating group) is 1. The molecule has 1 amide bonds. The minimum Gasteiger partial charge on any atom is -0.465 e. The minimum absolute atomic E-state index is 0.0388. The Morgan fingerprint density at radius 2 is 1.91 bits per heavy atom. The molecule has 9 nitrogen and oxygen atoms in total. The number of carbonyl (C=O) groups excluding carboxylic acids is 1. The second-order valence-corrected chi connectivity index (χ2v) is 4.49. The van der Waals surface area contributed by atoms with Crippen LogP contribution in [0.4, 0.5) is 4.79 Å². The van der Waals surface area contributed by atoms with Crippen molar-refractivity contribution in [2.24, 2.45) is 0 Å². The highest BCUT2D eigenvalue weighted by atomic mass is 16.6. The van der Waals surface area contributed by atoms with Gasteiger partial charge in [-0.3, -0.25) is 15.0 Å². The number of nitrogens with zero attached hydrogens (tertiary/aromatic N) is 3. The van der Waals surface area contributed by atoms with Crippen LogP contribution in [0.3, 0.4) is 0 Å². The zero-order chi connectivity index (χ0) is 16.3. The normalized spacial score (nSPS) is 16.4. The van der Waals surface area contributed by atoms with E-state index >= 15 is 0 Å².